The first-order chi connectivity index (χ1) is 19.3. The Balaban J connectivity index is 1.16. The molecule has 1 heterocycles. The SMILES string of the molecule is O=C1C[C@@H](C(=O)Nc2ccc(C[C@@H](NC(=O)OCC3c4ccccc4-c4ccccc43)C(=O)O)cc2)NC(=O)N1. The monoisotopic (exact) mass is 542 g/mol. The van der Waals surface area contributed by atoms with Crippen LogP contribution in [0.4, 0.5) is 15.3 Å². The number of imide groups is 1. The summed E-state index contributed by atoms with van der Waals surface area (Å²) in [5.74, 6) is -2.49. The average molecular weight is 543 g/mol. The molecule has 2 atom stereocenters. The van der Waals surface area contributed by atoms with Crippen molar-refractivity contribution in [3.8, 4) is 11.1 Å². The van der Waals surface area contributed by atoms with Crippen LogP contribution in [0.15, 0.2) is 72.8 Å². The molecule has 11 heteroatoms. The third-order valence-corrected chi connectivity index (χ3v) is 6.86. The first-order valence-electron chi connectivity index (χ1n) is 12.6. The van der Waals surface area contributed by atoms with Crippen LogP contribution in [0.1, 0.15) is 29.0 Å². The summed E-state index contributed by atoms with van der Waals surface area (Å²) >= 11 is 0. The zero-order valence-electron chi connectivity index (χ0n) is 21.2. The minimum absolute atomic E-state index is 0.0212. The summed E-state index contributed by atoms with van der Waals surface area (Å²) in [4.78, 5) is 59.8. The number of alkyl carbamates (subject to hydrolysis) is 1. The van der Waals surface area contributed by atoms with E-state index in [-0.39, 0.29) is 25.4 Å². The smallest absolute Gasteiger partial charge is 0.407 e. The van der Waals surface area contributed by atoms with Gasteiger partial charge in [-0.2, -0.15) is 0 Å². The molecular formula is C29H26N4O7. The van der Waals surface area contributed by atoms with Gasteiger partial charge < -0.3 is 25.8 Å². The van der Waals surface area contributed by atoms with E-state index in [0.717, 1.165) is 22.3 Å². The Bertz CT molecular complexity index is 1430. The molecule has 40 heavy (non-hydrogen) atoms. The van der Waals surface area contributed by atoms with Crippen molar-refractivity contribution in [2.24, 2.45) is 0 Å². The van der Waals surface area contributed by atoms with Crippen LogP contribution in [0, 0.1) is 0 Å². The van der Waals surface area contributed by atoms with Crippen LogP contribution in [0.25, 0.3) is 11.1 Å². The molecule has 0 unspecified atom stereocenters. The van der Waals surface area contributed by atoms with Crippen molar-refractivity contribution in [2.75, 3.05) is 11.9 Å². The molecule has 11 nitrogen and oxygen atoms in total. The molecule has 0 saturated carbocycles. The summed E-state index contributed by atoms with van der Waals surface area (Å²) in [6.07, 6.45) is -1.04. The van der Waals surface area contributed by atoms with E-state index in [0.29, 0.717) is 11.3 Å². The number of anilines is 1. The van der Waals surface area contributed by atoms with Gasteiger partial charge in [0.15, 0.2) is 0 Å². The number of rotatable bonds is 8. The Kier molecular flexibility index (Phi) is 7.45. The van der Waals surface area contributed by atoms with Gasteiger partial charge >= 0.3 is 18.1 Å². The molecule has 0 aromatic heterocycles. The van der Waals surface area contributed by atoms with E-state index in [4.69, 9.17) is 4.74 Å². The van der Waals surface area contributed by atoms with Crippen molar-refractivity contribution in [1.82, 2.24) is 16.0 Å². The lowest BCUT2D eigenvalue weighted by molar-refractivity contribution is -0.139. The van der Waals surface area contributed by atoms with Gasteiger partial charge in [0.1, 0.15) is 18.7 Å². The van der Waals surface area contributed by atoms with Crippen LogP contribution in [-0.4, -0.2) is 53.7 Å². The zero-order valence-corrected chi connectivity index (χ0v) is 21.2. The molecular weight excluding hydrogens is 516 g/mol. The van der Waals surface area contributed by atoms with Crippen molar-refractivity contribution in [3.05, 3.63) is 89.5 Å². The largest absolute Gasteiger partial charge is 0.480 e. The number of ether oxygens (including phenoxy) is 1. The number of hydrogen-bond acceptors (Lipinski definition) is 6. The molecule has 1 fully saturated rings. The quantitative estimate of drug-likeness (QED) is 0.292. The fraction of sp³-hybridized carbons (Fsp3) is 0.207. The molecule has 3 aromatic rings. The van der Waals surface area contributed by atoms with Gasteiger partial charge in [0, 0.05) is 18.0 Å². The molecule has 204 valence electrons. The van der Waals surface area contributed by atoms with Gasteiger partial charge in [-0.1, -0.05) is 60.7 Å². The van der Waals surface area contributed by atoms with Gasteiger partial charge in [-0.05, 0) is 39.9 Å². The number of urea groups is 1. The van der Waals surface area contributed by atoms with E-state index in [1.54, 1.807) is 24.3 Å². The van der Waals surface area contributed by atoms with Crippen molar-refractivity contribution < 1.29 is 33.8 Å². The van der Waals surface area contributed by atoms with Gasteiger partial charge in [-0.3, -0.25) is 14.9 Å². The maximum Gasteiger partial charge on any atom is 0.407 e. The average Bonchev–Trinajstić information content (AvgIpc) is 3.25. The van der Waals surface area contributed by atoms with Crippen molar-refractivity contribution >= 4 is 35.6 Å². The van der Waals surface area contributed by atoms with Crippen LogP contribution in [0.5, 0.6) is 0 Å². The summed E-state index contributed by atoms with van der Waals surface area (Å²) in [6.45, 7) is 0.0592. The second kappa shape index (κ2) is 11.3. The number of carboxylic acids is 1. The van der Waals surface area contributed by atoms with Gasteiger partial charge in [0.2, 0.25) is 11.8 Å². The number of benzene rings is 3. The molecule has 0 radical (unpaired) electrons. The highest BCUT2D eigenvalue weighted by molar-refractivity contribution is 6.05. The van der Waals surface area contributed by atoms with Gasteiger partial charge in [0.25, 0.3) is 0 Å². The number of hydrogen-bond donors (Lipinski definition) is 5. The second-order valence-electron chi connectivity index (χ2n) is 9.53. The van der Waals surface area contributed by atoms with E-state index in [9.17, 15) is 29.1 Å². The minimum Gasteiger partial charge on any atom is -0.480 e. The van der Waals surface area contributed by atoms with Crippen LogP contribution in [0.3, 0.4) is 0 Å². The maximum absolute atomic E-state index is 12.6. The number of carbonyl (C=O) groups excluding carboxylic acids is 4. The summed E-state index contributed by atoms with van der Waals surface area (Å²) in [7, 11) is 0. The highest BCUT2D eigenvalue weighted by Crippen LogP contribution is 2.44. The van der Waals surface area contributed by atoms with E-state index in [1.165, 1.54) is 0 Å². The normalized spacial score (nSPS) is 16.6. The maximum atomic E-state index is 12.6. The molecule has 3 aromatic carbocycles. The predicted octanol–water partition coefficient (Wildman–Crippen LogP) is 2.76. The number of nitrogens with one attached hydrogen (secondary N) is 4. The van der Waals surface area contributed by atoms with E-state index in [1.807, 2.05) is 48.5 Å². The third kappa shape index (κ3) is 5.78. The van der Waals surface area contributed by atoms with E-state index >= 15 is 0 Å². The van der Waals surface area contributed by atoms with E-state index in [2.05, 4.69) is 21.3 Å². The van der Waals surface area contributed by atoms with Crippen molar-refractivity contribution in [1.29, 1.82) is 0 Å². The predicted molar refractivity (Wildman–Crippen MR) is 143 cm³/mol. The van der Waals surface area contributed by atoms with Gasteiger partial charge in [0.05, 0.1) is 6.42 Å². The highest BCUT2D eigenvalue weighted by Gasteiger charge is 2.31. The summed E-state index contributed by atoms with van der Waals surface area (Å²) < 4.78 is 5.47. The Morgan fingerprint density at radius 2 is 1.55 bits per heavy atom. The summed E-state index contributed by atoms with van der Waals surface area (Å²) in [5, 5.41) is 19.1. The lowest BCUT2D eigenvalue weighted by Gasteiger charge is -2.22. The fourth-order valence-electron chi connectivity index (χ4n) is 4.94. The zero-order chi connectivity index (χ0) is 28.2. The molecule has 1 aliphatic heterocycles. The minimum atomic E-state index is -1.24. The van der Waals surface area contributed by atoms with Crippen LogP contribution in [-0.2, 0) is 25.5 Å². The first-order valence-corrected chi connectivity index (χ1v) is 12.6. The molecule has 5 N–H and O–H groups in total. The molecule has 0 spiro atoms. The molecule has 2 aliphatic rings. The second-order valence-corrected chi connectivity index (χ2v) is 9.53. The number of fused-ring (bicyclic) bond motifs is 3. The Labute approximate surface area is 228 Å². The standard InChI is InChI=1S/C29H26N4O7/c34-25-14-23(31-28(38)33-25)26(35)30-17-11-9-16(10-12-17)13-24(27(36)37)32-29(39)40-15-22-20-7-3-1-5-18(20)19-6-2-4-8-21(19)22/h1-12,22-24H,13-15H2,(H,30,35)(H,32,39)(H,36,37)(H2,31,33,34,38)/t23-,24+/m0/s1. The summed E-state index contributed by atoms with van der Waals surface area (Å²) in [5.41, 5.74) is 5.26. The summed E-state index contributed by atoms with van der Waals surface area (Å²) in [6, 6.07) is 19.2. The number of carbonyl (C=O) groups is 5. The molecule has 1 saturated heterocycles. The van der Waals surface area contributed by atoms with Gasteiger partial charge in [-0.25, -0.2) is 14.4 Å². The lowest BCUT2D eigenvalue weighted by atomic mass is 9.98. The first kappa shape index (κ1) is 26.4. The Morgan fingerprint density at radius 1 is 0.925 bits per heavy atom. The molecule has 1 aliphatic carbocycles. The van der Waals surface area contributed by atoms with Crippen molar-refractivity contribution in [2.45, 2.75) is 30.8 Å². The number of aliphatic carboxylic acids is 1. The van der Waals surface area contributed by atoms with Gasteiger partial charge in [-0.15, -0.1) is 0 Å². The van der Waals surface area contributed by atoms with Crippen LogP contribution < -0.4 is 21.3 Å². The van der Waals surface area contributed by atoms with Crippen LogP contribution >= 0.6 is 0 Å². The number of carboxylic acid groups (broad SMARTS) is 1. The van der Waals surface area contributed by atoms with E-state index < -0.39 is 42.0 Å². The Morgan fingerprint density at radius 3 is 2.15 bits per heavy atom. The van der Waals surface area contributed by atoms with Crippen LogP contribution in [0.2, 0.25) is 0 Å². The highest BCUT2D eigenvalue weighted by atomic mass is 16.5. The fourth-order valence-corrected chi connectivity index (χ4v) is 4.94. The number of amides is 5. The van der Waals surface area contributed by atoms with Crippen molar-refractivity contribution in [3.63, 3.8) is 0 Å². The topological polar surface area (TPSA) is 163 Å². The molecule has 0 bridgehead atoms. The Hall–Kier alpha value is -5.19. The lowest BCUT2D eigenvalue weighted by Crippen LogP contribution is -2.56. The third-order valence-electron chi connectivity index (χ3n) is 6.86. The molecule has 5 rings (SSSR count). The molecule has 5 amide bonds.